The van der Waals surface area contributed by atoms with E-state index < -0.39 is 0 Å². The molecule has 0 bridgehead atoms. The molecule has 0 rings (SSSR count). The number of aliphatic imine (C=N–C) groups is 1. The Bertz CT molecular complexity index is 209. The van der Waals surface area contributed by atoms with Crippen LogP contribution in [-0.4, -0.2) is 30.8 Å². The number of hydrogen-bond acceptors (Lipinski definition) is 4. The summed E-state index contributed by atoms with van der Waals surface area (Å²) in [6.07, 6.45) is 3.10. The molecule has 0 saturated heterocycles. The van der Waals surface area contributed by atoms with Crippen molar-refractivity contribution in [2.75, 3.05) is 14.2 Å². The maximum Gasteiger partial charge on any atom is 0.115 e. The molecule has 4 heteroatoms. The number of hydroxylamine groups is 2. The van der Waals surface area contributed by atoms with E-state index in [4.69, 9.17) is 5.21 Å². The molecular weight excluding hydrogens is 156 g/mol. The lowest BCUT2D eigenvalue weighted by Gasteiger charge is -2.14. The van der Waals surface area contributed by atoms with E-state index in [1.54, 1.807) is 20.0 Å². The number of rotatable bonds is 4. The molecule has 4 nitrogen and oxygen atoms in total. The third kappa shape index (κ3) is 2.86. The highest BCUT2D eigenvalue weighted by molar-refractivity contribution is 5.78. The minimum absolute atomic E-state index is 0.468. The Kier molecular flexibility index (Phi) is 4.99. The monoisotopic (exact) mass is 170 g/mol. The zero-order valence-corrected chi connectivity index (χ0v) is 7.61. The number of allylic oxidation sites excluding steroid dienone is 3. The highest BCUT2D eigenvalue weighted by atomic mass is 16.9. The second kappa shape index (κ2) is 5.51. The first kappa shape index (κ1) is 10.9. The van der Waals surface area contributed by atoms with E-state index in [1.807, 2.05) is 0 Å². The average molecular weight is 170 g/mol. The Hall–Kier alpha value is -1.13. The topological polar surface area (TPSA) is 45.1 Å². The van der Waals surface area contributed by atoms with Crippen LogP contribution in [0, 0.1) is 0 Å². The quantitative estimate of drug-likeness (QED) is 0.394. The summed E-state index contributed by atoms with van der Waals surface area (Å²) >= 11 is 0. The van der Waals surface area contributed by atoms with Gasteiger partial charge in [0.05, 0.1) is 7.11 Å². The van der Waals surface area contributed by atoms with Crippen LogP contribution in [0.5, 0.6) is 0 Å². The average Bonchev–Trinajstić information content (AvgIpc) is 2.11. The molecule has 0 aliphatic rings. The summed E-state index contributed by atoms with van der Waals surface area (Å²) in [4.78, 5) is 8.34. The fraction of sp³-hybridized carbons (Fsp3) is 0.375. The molecule has 12 heavy (non-hydrogen) atoms. The van der Waals surface area contributed by atoms with Gasteiger partial charge in [0.2, 0.25) is 0 Å². The molecule has 0 radical (unpaired) electrons. The molecule has 0 aliphatic heterocycles. The fourth-order valence-electron chi connectivity index (χ4n) is 0.627. The second-order valence-corrected chi connectivity index (χ2v) is 2.12. The molecule has 0 amide bonds. The van der Waals surface area contributed by atoms with Crippen LogP contribution in [0.2, 0.25) is 0 Å². The largest absolute Gasteiger partial charge is 0.294 e. The van der Waals surface area contributed by atoms with Gasteiger partial charge < -0.3 is 0 Å². The molecule has 68 valence electrons. The van der Waals surface area contributed by atoms with Gasteiger partial charge in [0.25, 0.3) is 0 Å². The maximum absolute atomic E-state index is 9.16. The Morgan fingerprint density at radius 3 is 2.58 bits per heavy atom. The van der Waals surface area contributed by atoms with E-state index in [9.17, 15) is 0 Å². The van der Waals surface area contributed by atoms with Gasteiger partial charge in [0.15, 0.2) is 0 Å². The first-order chi connectivity index (χ1) is 5.67. The normalized spacial score (nSPS) is 13.0. The van der Waals surface area contributed by atoms with Gasteiger partial charge in [-0.05, 0) is 12.5 Å². The maximum atomic E-state index is 9.16. The number of nitrogens with zero attached hydrogens (tertiary/aromatic N) is 2. The SMILES string of the molecule is C=C/C(C)=C(\C=NC)N(O)OC. The smallest absolute Gasteiger partial charge is 0.115 e. The van der Waals surface area contributed by atoms with E-state index in [0.717, 1.165) is 5.57 Å². The molecule has 0 aromatic rings. The lowest BCUT2D eigenvalue weighted by Crippen LogP contribution is -2.19. The van der Waals surface area contributed by atoms with Gasteiger partial charge >= 0.3 is 0 Å². The highest BCUT2D eigenvalue weighted by Gasteiger charge is 2.04. The van der Waals surface area contributed by atoms with E-state index in [0.29, 0.717) is 10.9 Å². The van der Waals surface area contributed by atoms with Gasteiger partial charge in [-0.15, -0.1) is 5.23 Å². The molecule has 0 heterocycles. The predicted molar refractivity (Wildman–Crippen MR) is 47.9 cm³/mol. The van der Waals surface area contributed by atoms with Gasteiger partial charge in [-0.2, -0.15) is 0 Å². The third-order valence-electron chi connectivity index (χ3n) is 1.34. The van der Waals surface area contributed by atoms with Gasteiger partial charge in [-0.3, -0.25) is 15.0 Å². The van der Waals surface area contributed by atoms with Crippen molar-refractivity contribution in [1.82, 2.24) is 5.23 Å². The lowest BCUT2D eigenvalue weighted by atomic mass is 10.2. The van der Waals surface area contributed by atoms with Gasteiger partial charge in [0.1, 0.15) is 5.70 Å². The molecule has 1 N–H and O–H groups in total. The van der Waals surface area contributed by atoms with E-state index in [2.05, 4.69) is 16.4 Å². The first-order valence-corrected chi connectivity index (χ1v) is 3.46. The van der Waals surface area contributed by atoms with Crippen molar-refractivity contribution in [2.24, 2.45) is 4.99 Å². The zero-order chi connectivity index (χ0) is 9.56. The van der Waals surface area contributed by atoms with E-state index in [1.165, 1.54) is 13.3 Å². The second-order valence-electron chi connectivity index (χ2n) is 2.12. The van der Waals surface area contributed by atoms with Crippen molar-refractivity contribution in [2.45, 2.75) is 6.92 Å². The Labute approximate surface area is 72.4 Å². The summed E-state index contributed by atoms with van der Waals surface area (Å²) < 4.78 is 0. The van der Waals surface area contributed by atoms with Crippen LogP contribution in [0.25, 0.3) is 0 Å². The van der Waals surface area contributed by atoms with E-state index >= 15 is 0 Å². The summed E-state index contributed by atoms with van der Waals surface area (Å²) in [6.45, 7) is 5.37. The minimum Gasteiger partial charge on any atom is -0.294 e. The van der Waals surface area contributed by atoms with Crippen LogP contribution in [0.3, 0.4) is 0 Å². The van der Waals surface area contributed by atoms with Crippen molar-refractivity contribution in [3.63, 3.8) is 0 Å². The van der Waals surface area contributed by atoms with Crippen LogP contribution in [0.15, 0.2) is 28.9 Å². The Morgan fingerprint density at radius 1 is 1.67 bits per heavy atom. The summed E-state index contributed by atoms with van der Waals surface area (Å²) in [6, 6.07) is 0. The predicted octanol–water partition coefficient (Wildman–Crippen LogP) is 1.40. The fourth-order valence-corrected chi connectivity index (χ4v) is 0.627. The zero-order valence-electron chi connectivity index (χ0n) is 7.61. The van der Waals surface area contributed by atoms with Crippen molar-refractivity contribution in [3.8, 4) is 0 Å². The molecular formula is C8H14N2O2. The van der Waals surface area contributed by atoms with E-state index in [-0.39, 0.29) is 0 Å². The first-order valence-electron chi connectivity index (χ1n) is 3.46. The summed E-state index contributed by atoms with van der Waals surface area (Å²) in [7, 11) is 2.97. The molecule has 0 aromatic carbocycles. The molecule has 0 atom stereocenters. The van der Waals surface area contributed by atoms with Crippen LogP contribution in [0.4, 0.5) is 0 Å². The standard InChI is InChI=1S/C8H14N2O2/c1-5-7(2)8(6-9-3)10(11)12-4/h5-6,11H,1H2,2-4H3/b8-7+,9-6?. The summed E-state index contributed by atoms with van der Waals surface area (Å²) in [5.74, 6) is 0. The molecule has 0 saturated carbocycles. The highest BCUT2D eigenvalue weighted by Crippen LogP contribution is 2.06. The van der Waals surface area contributed by atoms with Crippen molar-refractivity contribution >= 4 is 6.21 Å². The van der Waals surface area contributed by atoms with Crippen LogP contribution >= 0.6 is 0 Å². The molecule has 0 spiro atoms. The third-order valence-corrected chi connectivity index (χ3v) is 1.34. The Morgan fingerprint density at radius 2 is 2.25 bits per heavy atom. The van der Waals surface area contributed by atoms with Gasteiger partial charge in [0, 0.05) is 13.3 Å². The number of hydrogen-bond donors (Lipinski definition) is 1. The van der Waals surface area contributed by atoms with Gasteiger partial charge in [-0.25, -0.2) is 0 Å². The Balaban J connectivity index is 4.76. The van der Waals surface area contributed by atoms with Crippen molar-refractivity contribution in [1.29, 1.82) is 0 Å². The van der Waals surface area contributed by atoms with Gasteiger partial charge in [-0.1, -0.05) is 12.7 Å². The van der Waals surface area contributed by atoms with Crippen molar-refractivity contribution < 1.29 is 10.0 Å². The van der Waals surface area contributed by atoms with Crippen LogP contribution in [0.1, 0.15) is 6.92 Å². The molecule has 0 aromatic heterocycles. The van der Waals surface area contributed by atoms with Crippen LogP contribution in [-0.2, 0) is 4.84 Å². The van der Waals surface area contributed by atoms with Crippen LogP contribution < -0.4 is 0 Å². The molecule has 0 unspecified atom stereocenters. The lowest BCUT2D eigenvalue weighted by molar-refractivity contribution is -0.294. The molecule has 0 aliphatic carbocycles. The summed E-state index contributed by atoms with van der Waals surface area (Å²) in [5, 5.41) is 9.81. The molecule has 0 fully saturated rings. The van der Waals surface area contributed by atoms with Crippen molar-refractivity contribution in [3.05, 3.63) is 23.9 Å². The summed E-state index contributed by atoms with van der Waals surface area (Å²) in [5.41, 5.74) is 1.25. The minimum atomic E-state index is 0.468.